The average molecular weight is 383 g/mol. The van der Waals surface area contributed by atoms with Gasteiger partial charge in [0.15, 0.2) is 6.61 Å². The lowest BCUT2D eigenvalue weighted by atomic mass is 9.88. The Morgan fingerprint density at radius 1 is 1.35 bits per heavy atom. The number of ether oxygens (including phenoxy) is 1. The molecular formula is C17H19ClN2O6. The van der Waals surface area contributed by atoms with Gasteiger partial charge in [0.05, 0.1) is 6.42 Å². The Morgan fingerprint density at radius 2 is 2.00 bits per heavy atom. The topological polar surface area (TPSA) is 116 Å². The first-order chi connectivity index (χ1) is 12.3. The highest BCUT2D eigenvalue weighted by molar-refractivity contribution is 6.30. The number of amides is 1. The summed E-state index contributed by atoms with van der Waals surface area (Å²) in [4.78, 5) is 46.0. The Kier molecular flexibility index (Phi) is 6.68. The van der Waals surface area contributed by atoms with Crippen LogP contribution in [0.3, 0.4) is 0 Å². The van der Waals surface area contributed by atoms with Gasteiger partial charge in [-0.05, 0) is 30.2 Å². The summed E-state index contributed by atoms with van der Waals surface area (Å²) in [5, 5.41) is 13.8. The van der Waals surface area contributed by atoms with Gasteiger partial charge in [-0.15, -0.1) is 0 Å². The Bertz CT molecular complexity index is 706. The molecule has 8 nitrogen and oxygen atoms in total. The molecule has 0 aromatic heterocycles. The normalized spacial score (nSPS) is 22.1. The molecule has 0 spiro atoms. The molecule has 1 aromatic carbocycles. The van der Waals surface area contributed by atoms with Crippen LogP contribution in [0.5, 0.6) is 0 Å². The first kappa shape index (κ1) is 19.8. The molecule has 1 amide bonds. The first-order valence-corrected chi connectivity index (χ1v) is 8.49. The quantitative estimate of drug-likeness (QED) is 0.439. The first-order valence-electron chi connectivity index (χ1n) is 8.11. The van der Waals surface area contributed by atoms with Gasteiger partial charge < -0.3 is 10.1 Å². The van der Waals surface area contributed by atoms with E-state index in [0.29, 0.717) is 10.7 Å². The second kappa shape index (κ2) is 8.75. The molecule has 1 aliphatic rings. The number of ketones is 1. The van der Waals surface area contributed by atoms with Crippen LogP contribution in [0.15, 0.2) is 24.3 Å². The number of carbonyl (C=O) groups is 3. The van der Waals surface area contributed by atoms with Crippen molar-refractivity contribution >= 4 is 34.9 Å². The highest BCUT2D eigenvalue weighted by Gasteiger charge is 2.44. The fourth-order valence-electron chi connectivity index (χ4n) is 3.11. The third kappa shape index (κ3) is 5.52. The molecular weight excluding hydrogens is 364 g/mol. The van der Waals surface area contributed by atoms with Crippen molar-refractivity contribution < 1.29 is 24.0 Å². The van der Waals surface area contributed by atoms with E-state index in [-0.39, 0.29) is 31.1 Å². The minimum atomic E-state index is -0.734. The zero-order valence-electron chi connectivity index (χ0n) is 14.1. The number of Topliss-reactive ketones (excluding diaryl/α,β-unsaturated/α-hetero) is 1. The molecule has 1 N–H and O–H groups in total. The van der Waals surface area contributed by atoms with Gasteiger partial charge in [0.2, 0.25) is 6.54 Å². The van der Waals surface area contributed by atoms with Crippen molar-refractivity contribution in [1.29, 1.82) is 0 Å². The molecule has 1 aliphatic carbocycles. The van der Waals surface area contributed by atoms with Crippen molar-refractivity contribution in [2.75, 3.05) is 18.5 Å². The van der Waals surface area contributed by atoms with Crippen molar-refractivity contribution in [1.82, 2.24) is 0 Å². The third-order valence-electron chi connectivity index (χ3n) is 4.42. The molecule has 0 heterocycles. The number of halogens is 1. The van der Waals surface area contributed by atoms with Crippen LogP contribution < -0.4 is 5.32 Å². The standard InChI is InChI=1S/C17H19ClN2O6/c1-10-6-15(21)13(14(10)8-20(24)25)7-17(23)26-9-16(22)19-12-4-2-11(18)3-5-12/h2-5,10,13-14H,6-9H2,1H3,(H,19,22)/t10-,13-,14-/m1/s1. The van der Waals surface area contributed by atoms with E-state index >= 15 is 0 Å². The summed E-state index contributed by atoms with van der Waals surface area (Å²) in [5.74, 6) is -2.81. The minimum Gasteiger partial charge on any atom is -0.456 e. The number of rotatable bonds is 7. The molecule has 1 fully saturated rings. The number of carbonyl (C=O) groups excluding carboxylic acids is 3. The predicted octanol–water partition coefficient (Wildman–Crippen LogP) is 2.33. The molecule has 1 aromatic rings. The highest BCUT2D eigenvalue weighted by Crippen LogP contribution is 2.36. The van der Waals surface area contributed by atoms with Crippen LogP contribution in [-0.4, -0.2) is 35.7 Å². The molecule has 0 saturated heterocycles. The van der Waals surface area contributed by atoms with Gasteiger partial charge in [-0.3, -0.25) is 24.5 Å². The summed E-state index contributed by atoms with van der Waals surface area (Å²) >= 11 is 5.75. The molecule has 0 aliphatic heterocycles. The molecule has 140 valence electrons. The molecule has 1 saturated carbocycles. The lowest BCUT2D eigenvalue weighted by Gasteiger charge is -2.17. The SMILES string of the molecule is C[C@@H]1CC(=O)[C@H](CC(=O)OCC(=O)Nc2ccc(Cl)cc2)[C@@H]1C[N+](=O)[O-]. The molecule has 2 rings (SSSR count). The van der Waals surface area contributed by atoms with Gasteiger partial charge in [-0.1, -0.05) is 18.5 Å². The summed E-state index contributed by atoms with van der Waals surface area (Å²) in [5.41, 5.74) is 0.501. The summed E-state index contributed by atoms with van der Waals surface area (Å²) in [6.45, 7) is 0.899. The summed E-state index contributed by atoms with van der Waals surface area (Å²) in [7, 11) is 0. The zero-order valence-corrected chi connectivity index (χ0v) is 14.9. The lowest BCUT2D eigenvalue weighted by molar-refractivity contribution is -0.490. The van der Waals surface area contributed by atoms with Gasteiger partial charge in [-0.2, -0.15) is 0 Å². The van der Waals surface area contributed by atoms with Crippen LogP contribution in [0.4, 0.5) is 5.69 Å². The second-order valence-corrected chi connectivity index (χ2v) is 6.79. The number of anilines is 1. The Labute approximate surface area is 155 Å². The van der Waals surface area contributed by atoms with E-state index in [4.69, 9.17) is 16.3 Å². The number of nitro groups is 1. The van der Waals surface area contributed by atoms with E-state index in [9.17, 15) is 24.5 Å². The predicted molar refractivity (Wildman–Crippen MR) is 93.3 cm³/mol. The fourth-order valence-corrected chi connectivity index (χ4v) is 3.24. The number of nitrogens with one attached hydrogen (secondary N) is 1. The number of benzene rings is 1. The second-order valence-electron chi connectivity index (χ2n) is 6.35. The molecule has 3 atom stereocenters. The number of hydrogen-bond donors (Lipinski definition) is 1. The molecule has 26 heavy (non-hydrogen) atoms. The fraction of sp³-hybridized carbons (Fsp3) is 0.471. The zero-order chi connectivity index (χ0) is 19.3. The van der Waals surface area contributed by atoms with E-state index in [0.717, 1.165) is 0 Å². The molecule has 0 unspecified atom stereocenters. The Balaban J connectivity index is 1.83. The van der Waals surface area contributed by atoms with Crippen molar-refractivity contribution in [2.24, 2.45) is 17.8 Å². The number of nitrogens with zero attached hydrogens (tertiary/aromatic N) is 1. The van der Waals surface area contributed by atoms with Gasteiger partial charge in [0.1, 0.15) is 5.78 Å². The highest BCUT2D eigenvalue weighted by atomic mass is 35.5. The van der Waals surface area contributed by atoms with Crippen molar-refractivity contribution in [3.8, 4) is 0 Å². The van der Waals surface area contributed by atoms with E-state index in [1.165, 1.54) is 0 Å². The Morgan fingerprint density at radius 3 is 2.62 bits per heavy atom. The van der Waals surface area contributed by atoms with Crippen LogP contribution in [0, 0.1) is 27.9 Å². The monoisotopic (exact) mass is 382 g/mol. The van der Waals surface area contributed by atoms with Gasteiger partial charge >= 0.3 is 5.97 Å². The number of esters is 1. The summed E-state index contributed by atoms with van der Waals surface area (Å²) in [6.07, 6.45) is -0.0383. The van der Waals surface area contributed by atoms with Crippen LogP contribution in [-0.2, 0) is 19.1 Å². The van der Waals surface area contributed by atoms with Gasteiger partial charge in [-0.25, -0.2) is 0 Å². The molecule has 0 bridgehead atoms. The lowest BCUT2D eigenvalue weighted by Crippen LogP contribution is -2.28. The van der Waals surface area contributed by atoms with Crippen LogP contribution in [0.1, 0.15) is 19.8 Å². The van der Waals surface area contributed by atoms with Gasteiger partial charge in [0, 0.05) is 33.9 Å². The Hall–Kier alpha value is -2.48. The maximum Gasteiger partial charge on any atom is 0.307 e. The summed E-state index contributed by atoms with van der Waals surface area (Å²) in [6, 6.07) is 6.41. The van der Waals surface area contributed by atoms with Crippen LogP contribution in [0.2, 0.25) is 5.02 Å². The smallest absolute Gasteiger partial charge is 0.307 e. The molecule has 0 radical (unpaired) electrons. The average Bonchev–Trinajstić information content (AvgIpc) is 2.81. The van der Waals surface area contributed by atoms with E-state index in [1.54, 1.807) is 31.2 Å². The number of hydrogen-bond acceptors (Lipinski definition) is 6. The van der Waals surface area contributed by atoms with Crippen molar-refractivity contribution in [3.05, 3.63) is 39.4 Å². The maximum absolute atomic E-state index is 12.0. The largest absolute Gasteiger partial charge is 0.456 e. The van der Waals surface area contributed by atoms with E-state index in [2.05, 4.69) is 5.32 Å². The maximum atomic E-state index is 12.0. The van der Waals surface area contributed by atoms with Crippen LogP contribution >= 0.6 is 11.6 Å². The van der Waals surface area contributed by atoms with Crippen molar-refractivity contribution in [3.63, 3.8) is 0 Å². The van der Waals surface area contributed by atoms with Crippen molar-refractivity contribution in [2.45, 2.75) is 19.8 Å². The third-order valence-corrected chi connectivity index (χ3v) is 4.68. The minimum absolute atomic E-state index is 0.154. The van der Waals surface area contributed by atoms with Crippen LogP contribution in [0.25, 0.3) is 0 Å². The summed E-state index contributed by atoms with van der Waals surface area (Å²) < 4.78 is 4.90. The van der Waals surface area contributed by atoms with E-state index < -0.39 is 35.2 Å². The molecule has 9 heteroatoms. The van der Waals surface area contributed by atoms with E-state index in [1.807, 2.05) is 0 Å². The van der Waals surface area contributed by atoms with Gasteiger partial charge in [0.25, 0.3) is 5.91 Å².